The monoisotopic (exact) mass is 520 g/mol. The number of hydrogen-bond acceptors (Lipinski definition) is 6. The number of nitrogens with one attached hydrogen (secondary N) is 3. The molecule has 10 heteroatoms. The van der Waals surface area contributed by atoms with E-state index < -0.39 is 47.5 Å². The lowest BCUT2D eigenvalue weighted by Crippen LogP contribution is -2.58. The standard InChI is InChI=1S/C27H44N4O6/c1-17(2)13-20(23(28)32)29-24(33)21(14-18(3)4)30-25(34)22(31-26(35)37-27(5,6)7)16-36-15-19-11-9-8-10-12-19/h8-12,17-18,20-22H,13-16H2,1-7H3,(H2,28,32)(H,29,33)(H,30,34)(H,31,35)/t20-,21-,22-/m0/s1. The van der Waals surface area contributed by atoms with E-state index in [4.69, 9.17) is 15.2 Å². The quantitative estimate of drug-likeness (QED) is 0.296. The van der Waals surface area contributed by atoms with Crippen LogP contribution < -0.4 is 21.7 Å². The number of ether oxygens (including phenoxy) is 2. The van der Waals surface area contributed by atoms with E-state index in [0.29, 0.717) is 12.8 Å². The van der Waals surface area contributed by atoms with Crippen molar-refractivity contribution in [1.29, 1.82) is 0 Å². The van der Waals surface area contributed by atoms with Gasteiger partial charge in [-0.1, -0.05) is 58.0 Å². The highest BCUT2D eigenvalue weighted by molar-refractivity contribution is 5.93. The zero-order chi connectivity index (χ0) is 28.2. The van der Waals surface area contributed by atoms with Crippen molar-refractivity contribution in [2.75, 3.05) is 6.61 Å². The first kappa shape index (κ1) is 31.9. The number of amides is 4. The van der Waals surface area contributed by atoms with Gasteiger partial charge in [-0.25, -0.2) is 4.79 Å². The van der Waals surface area contributed by atoms with E-state index in [1.54, 1.807) is 20.8 Å². The van der Waals surface area contributed by atoms with Crippen LogP contribution in [0.4, 0.5) is 4.79 Å². The van der Waals surface area contributed by atoms with Crippen LogP contribution in [-0.4, -0.2) is 54.1 Å². The average Bonchev–Trinajstić information content (AvgIpc) is 2.76. The second-order valence-corrected chi connectivity index (χ2v) is 11.0. The van der Waals surface area contributed by atoms with Gasteiger partial charge in [0.15, 0.2) is 0 Å². The molecule has 0 heterocycles. The second kappa shape index (κ2) is 15.2. The zero-order valence-electron chi connectivity index (χ0n) is 23.1. The summed E-state index contributed by atoms with van der Waals surface area (Å²) in [6.07, 6.45) is -0.0968. The van der Waals surface area contributed by atoms with Crippen LogP contribution in [0.5, 0.6) is 0 Å². The largest absolute Gasteiger partial charge is 0.444 e. The summed E-state index contributed by atoms with van der Waals surface area (Å²) in [5.74, 6) is -1.60. The maximum Gasteiger partial charge on any atom is 0.408 e. The Labute approximate surface area is 220 Å². The Bertz CT molecular complexity index is 883. The highest BCUT2D eigenvalue weighted by Gasteiger charge is 2.31. The van der Waals surface area contributed by atoms with E-state index in [1.807, 2.05) is 58.0 Å². The number of rotatable bonds is 14. The molecule has 0 unspecified atom stereocenters. The molecule has 0 radical (unpaired) electrons. The van der Waals surface area contributed by atoms with Gasteiger partial charge in [-0.2, -0.15) is 0 Å². The molecule has 0 aliphatic heterocycles. The van der Waals surface area contributed by atoms with Gasteiger partial charge in [0.05, 0.1) is 13.2 Å². The predicted molar refractivity (Wildman–Crippen MR) is 141 cm³/mol. The Balaban J connectivity index is 3.00. The van der Waals surface area contributed by atoms with Crippen molar-refractivity contribution in [3.63, 3.8) is 0 Å². The molecule has 4 amide bonds. The normalized spacial score (nSPS) is 14.0. The molecule has 1 rings (SSSR count). The first-order valence-electron chi connectivity index (χ1n) is 12.7. The number of benzene rings is 1. The summed E-state index contributed by atoms with van der Waals surface area (Å²) < 4.78 is 11.0. The number of hydrogen-bond donors (Lipinski definition) is 4. The lowest BCUT2D eigenvalue weighted by atomic mass is 10.00. The van der Waals surface area contributed by atoms with E-state index in [9.17, 15) is 19.2 Å². The molecular formula is C27H44N4O6. The summed E-state index contributed by atoms with van der Waals surface area (Å²) in [6, 6.07) is 6.46. The fraction of sp³-hybridized carbons (Fsp3) is 0.630. The Morgan fingerprint density at radius 3 is 1.84 bits per heavy atom. The van der Waals surface area contributed by atoms with Gasteiger partial charge in [0.25, 0.3) is 0 Å². The fourth-order valence-corrected chi connectivity index (χ4v) is 3.47. The Hall–Kier alpha value is -3.14. The molecule has 37 heavy (non-hydrogen) atoms. The van der Waals surface area contributed by atoms with E-state index in [1.165, 1.54) is 0 Å². The van der Waals surface area contributed by atoms with Gasteiger partial charge in [-0.15, -0.1) is 0 Å². The molecule has 0 spiro atoms. The van der Waals surface area contributed by atoms with Gasteiger partial charge >= 0.3 is 6.09 Å². The van der Waals surface area contributed by atoms with Crippen molar-refractivity contribution < 1.29 is 28.7 Å². The van der Waals surface area contributed by atoms with Crippen LogP contribution in [0.1, 0.15) is 66.9 Å². The molecule has 208 valence electrons. The highest BCUT2D eigenvalue weighted by atomic mass is 16.6. The molecule has 0 aromatic heterocycles. The SMILES string of the molecule is CC(C)C[C@H](NC(=O)[C@H](CC(C)C)NC(=O)[C@H](COCc1ccccc1)NC(=O)OC(C)(C)C)C(N)=O. The zero-order valence-corrected chi connectivity index (χ0v) is 23.1. The van der Waals surface area contributed by atoms with Crippen molar-refractivity contribution in [3.8, 4) is 0 Å². The van der Waals surface area contributed by atoms with Gasteiger partial charge in [0.2, 0.25) is 17.7 Å². The Morgan fingerprint density at radius 1 is 0.811 bits per heavy atom. The predicted octanol–water partition coefficient (Wildman–Crippen LogP) is 2.64. The minimum Gasteiger partial charge on any atom is -0.444 e. The number of primary amides is 1. The number of carbonyl (C=O) groups is 4. The Kier molecular flexibility index (Phi) is 13.1. The van der Waals surface area contributed by atoms with Crippen LogP contribution in [0.2, 0.25) is 0 Å². The van der Waals surface area contributed by atoms with Crippen molar-refractivity contribution in [2.24, 2.45) is 17.6 Å². The van der Waals surface area contributed by atoms with Crippen LogP contribution in [-0.2, 0) is 30.5 Å². The fourth-order valence-electron chi connectivity index (χ4n) is 3.47. The van der Waals surface area contributed by atoms with Crippen LogP contribution in [0, 0.1) is 11.8 Å². The van der Waals surface area contributed by atoms with Gasteiger partial charge in [-0.05, 0) is 51.0 Å². The maximum absolute atomic E-state index is 13.2. The minimum atomic E-state index is -1.12. The molecule has 3 atom stereocenters. The van der Waals surface area contributed by atoms with Gasteiger partial charge < -0.3 is 31.2 Å². The first-order valence-corrected chi connectivity index (χ1v) is 12.7. The summed E-state index contributed by atoms with van der Waals surface area (Å²) in [7, 11) is 0. The number of nitrogens with two attached hydrogens (primary N) is 1. The third-order valence-electron chi connectivity index (χ3n) is 5.11. The van der Waals surface area contributed by atoms with Gasteiger partial charge in [-0.3, -0.25) is 14.4 Å². The second-order valence-electron chi connectivity index (χ2n) is 11.0. The molecule has 1 aromatic carbocycles. The molecule has 0 aliphatic carbocycles. The summed E-state index contributed by atoms with van der Waals surface area (Å²) in [4.78, 5) is 50.6. The molecule has 5 N–H and O–H groups in total. The van der Waals surface area contributed by atoms with E-state index in [2.05, 4.69) is 16.0 Å². The maximum atomic E-state index is 13.2. The summed E-state index contributed by atoms with van der Waals surface area (Å²) in [5.41, 5.74) is 5.61. The molecule has 1 aromatic rings. The van der Waals surface area contributed by atoms with Crippen molar-refractivity contribution >= 4 is 23.8 Å². The van der Waals surface area contributed by atoms with Gasteiger partial charge in [0, 0.05) is 0 Å². The summed E-state index contributed by atoms with van der Waals surface area (Å²) >= 11 is 0. The Morgan fingerprint density at radius 2 is 1.32 bits per heavy atom. The van der Waals surface area contributed by atoms with Crippen molar-refractivity contribution in [3.05, 3.63) is 35.9 Å². The van der Waals surface area contributed by atoms with Crippen LogP contribution in [0.25, 0.3) is 0 Å². The van der Waals surface area contributed by atoms with Crippen molar-refractivity contribution in [2.45, 2.75) is 91.6 Å². The van der Waals surface area contributed by atoms with Crippen molar-refractivity contribution in [1.82, 2.24) is 16.0 Å². The van der Waals surface area contributed by atoms with Gasteiger partial charge in [0.1, 0.15) is 23.7 Å². The molecule has 0 saturated carbocycles. The molecule has 0 saturated heterocycles. The van der Waals surface area contributed by atoms with Crippen LogP contribution in [0.15, 0.2) is 30.3 Å². The smallest absolute Gasteiger partial charge is 0.408 e. The highest BCUT2D eigenvalue weighted by Crippen LogP contribution is 2.10. The summed E-state index contributed by atoms with van der Waals surface area (Å²) in [6.45, 7) is 12.9. The lowest BCUT2D eigenvalue weighted by molar-refractivity contribution is -0.133. The molecule has 0 fully saturated rings. The number of carbonyl (C=O) groups excluding carboxylic acids is 4. The lowest BCUT2D eigenvalue weighted by Gasteiger charge is -2.27. The van der Waals surface area contributed by atoms with Crippen LogP contribution in [0.3, 0.4) is 0 Å². The number of alkyl carbamates (subject to hydrolysis) is 1. The third kappa shape index (κ3) is 13.7. The van der Waals surface area contributed by atoms with E-state index in [-0.39, 0.29) is 25.0 Å². The van der Waals surface area contributed by atoms with E-state index >= 15 is 0 Å². The topological polar surface area (TPSA) is 149 Å². The molecule has 10 nitrogen and oxygen atoms in total. The summed E-state index contributed by atoms with van der Waals surface area (Å²) in [5, 5.41) is 7.91. The first-order chi connectivity index (χ1) is 17.2. The average molecular weight is 521 g/mol. The minimum absolute atomic E-state index is 0.0553. The third-order valence-corrected chi connectivity index (χ3v) is 5.11. The van der Waals surface area contributed by atoms with E-state index in [0.717, 1.165) is 5.56 Å². The molecule has 0 aliphatic rings. The molecular weight excluding hydrogens is 476 g/mol. The van der Waals surface area contributed by atoms with Crippen LogP contribution >= 0.6 is 0 Å². The molecule has 0 bridgehead atoms.